The van der Waals surface area contributed by atoms with Crippen molar-refractivity contribution in [1.29, 1.82) is 0 Å². The first-order chi connectivity index (χ1) is 15.6. The Kier molecular flexibility index (Phi) is 6.08. The van der Waals surface area contributed by atoms with E-state index in [9.17, 15) is 9.18 Å². The van der Waals surface area contributed by atoms with E-state index in [1.54, 1.807) is 12.3 Å². The van der Waals surface area contributed by atoms with Crippen molar-refractivity contribution in [1.82, 2.24) is 9.55 Å². The number of rotatable bonds is 6. The molecule has 1 amide bonds. The third-order valence-electron chi connectivity index (χ3n) is 5.69. The molecule has 2 aromatic carbocycles. The van der Waals surface area contributed by atoms with Crippen LogP contribution in [0.2, 0.25) is 19.6 Å². The number of hydrogen-bond acceptors (Lipinski definition) is 3. The smallest absolute Gasteiger partial charge is 0.272 e. The lowest BCUT2D eigenvalue weighted by Gasteiger charge is -2.17. The molecule has 0 atom stereocenters. The molecule has 33 heavy (non-hydrogen) atoms. The number of nitrogens with zero attached hydrogens (tertiary/aromatic N) is 3. The van der Waals surface area contributed by atoms with E-state index >= 15 is 0 Å². The van der Waals surface area contributed by atoms with Gasteiger partial charge >= 0.3 is 0 Å². The first kappa shape index (κ1) is 22.7. The summed E-state index contributed by atoms with van der Waals surface area (Å²) in [6.07, 6.45) is 1.65. The molecular formula is C26H29FN4OSi. The molecular weight excluding hydrogens is 431 g/mol. The fourth-order valence-corrected chi connectivity index (χ4v) is 5.01. The lowest BCUT2D eigenvalue weighted by atomic mass is 10.2. The molecule has 2 heterocycles. The van der Waals surface area contributed by atoms with Crippen molar-refractivity contribution in [2.24, 2.45) is 0 Å². The van der Waals surface area contributed by atoms with Crippen molar-refractivity contribution in [2.75, 3.05) is 24.3 Å². The van der Waals surface area contributed by atoms with E-state index in [0.717, 1.165) is 22.3 Å². The Morgan fingerprint density at radius 3 is 2.48 bits per heavy atom. The molecule has 0 radical (unpaired) electrons. The number of aromatic nitrogens is 2. The topological polar surface area (TPSA) is 50.2 Å². The summed E-state index contributed by atoms with van der Waals surface area (Å²) in [5.74, 6) is 0.298. The van der Waals surface area contributed by atoms with Gasteiger partial charge in [0, 0.05) is 31.5 Å². The second kappa shape index (κ2) is 8.82. The van der Waals surface area contributed by atoms with Crippen LogP contribution < -0.4 is 15.4 Å². The van der Waals surface area contributed by atoms with E-state index in [2.05, 4.69) is 48.1 Å². The predicted octanol–water partition coefficient (Wildman–Crippen LogP) is 5.09. The number of amides is 1. The first-order valence-corrected chi connectivity index (χ1v) is 14.4. The van der Waals surface area contributed by atoms with Crippen molar-refractivity contribution in [3.8, 4) is 0 Å². The van der Waals surface area contributed by atoms with Crippen molar-refractivity contribution >= 4 is 41.6 Å². The van der Waals surface area contributed by atoms with Gasteiger partial charge < -0.3 is 14.8 Å². The molecule has 4 rings (SSSR count). The zero-order valence-electron chi connectivity index (χ0n) is 19.7. The molecule has 0 saturated heterocycles. The molecule has 0 unspecified atom stereocenters. The molecule has 5 nitrogen and oxygen atoms in total. The quantitative estimate of drug-likeness (QED) is 0.408. The minimum absolute atomic E-state index is 0.225. The fourth-order valence-electron chi connectivity index (χ4n) is 3.83. The van der Waals surface area contributed by atoms with Crippen LogP contribution in [0.15, 0.2) is 66.9 Å². The molecule has 7 heteroatoms. The average molecular weight is 461 g/mol. The van der Waals surface area contributed by atoms with Crippen LogP contribution in [-0.4, -0.2) is 37.6 Å². The lowest BCUT2D eigenvalue weighted by molar-refractivity contribution is 0.101. The highest BCUT2D eigenvalue weighted by Crippen LogP contribution is 2.23. The van der Waals surface area contributed by atoms with Gasteiger partial charge in [0.1, 0.15) is 17.3 Å². The fraction of sp³-hybridized carbons (Fsp3) is 0.231. The summed E-state index contributed by atoms with van der Waals surface area (Å²) in [4.78, 5) is 19.6. The van der Waals surface area contributed by atoms with Crippen LogP contribution >= 0.6 is 0 Å². The van der Waals surface area contributed by atoms with Gasteiger partial charge in [0.05, 0.1) is 20.0 Å². The highest BCUT2D eigenvalue weighted by Gasteiger charge is 2.21. The van der Waals surface area contributed by atoms with Crippen LogP contribution in [0, 0.1) is 5.82 Å². The van der Waals surface area contributed by atoms with Gasteiger partial charge in [0.25, 0.3) is 5.91 Å². The Hall–Kier alpha value is -3.45. The molecule has 0 bridgehead atoms. The van der Waals surface area contributed by atoms with Crippen LogP contribution in [-0.2, 0) is 6.54 Å². The number of nitrogens with one attached hydrogen (secondary N) is 1. The van der Waals surface area contributed by atoms with Gasteiger partial charge in [-0.3, -0.25) is 4.79 Å². The van der Waals surface area contributed by atoms with E-state index in [1.165, 1.54) is 17.3 Å². The number of pyridine rings is 1. The van der Waals surface area contributed by atoms with Crippen molar-refractivity contribution < 1.29 is 9.18 Å². The van der Waals surface area contributed by atoms with E-state index in [0.29, 0.717) is 17.9 Å². The van der Waals surface area contributed by atoms with Crippen molar-refractivity contribution in [3.63, 3.8) is 0 Å². The number of anilines is 2. The Bertz CT molecular complexity index is 1310. The monoisotopic (exact) mass is 460 g/mol. The van der Waals surface area contributed by atoms with Crippen LogP contribution in [0.3, 0.4) is 0 Å². The molecule has 0 aliphatic carbocycles. The van der Waals surface area contributed by atoms with Gasteiger partial charge in [-0.2, -0.15) is 0 Å². The number of benzene rings is 2. The molecule has 0 aliphatic rings. The number of carbonyl (C=O) groups excluding carboxylic acids is 1. The van der Waals surface area contributed by atoms with Crippen LogP contribution in [0.4, 0.5) is 15.9 Å². The third kappa shape index (κ3) is 4.98. The van der Waals surface area contributed by atoms with E-state index < -0.39 is 8.07 Å². The average Bonchev–Trinajstić information content (AvgIpc) is 3.11. The van der Waals surface area contributed by atoms with Crippen molar-refractivity contribution in [3.05, 3.63) is 83.9 Å². The lowest BCUT2D eigenvalue weighted by Crippen LogP contribution is -2.37. The zero-order valence-corrected chi connectivity index (χ0v) is 20.7. The van der Waals surface area contributed by atoms with Crippen LogP contribution in [0.25, 0.3) is 10.9 Å². The normalized spacial score (nSPS) is 11.6. The second-order valence-electron chi connectivity index (χ2n) is 9.52. The maximum atomic E-state index is 13.8. The molecule has 0 aliphatic heterocycles. The summed E-state index contributed by atoms with van der Waals surface area (Å²) < 4.78 is 15.8. The Morgan fingerprint density at radius 2 is 1.85 bits per heavy atom. The van der Waals surface area contributed by atoms with Gasteiger partial charge in [-0.1, -0.05) is 49.1 Å². The van der Waals surface area contributed by atoms with Gasteiger partial charge in [-0.05, 0) is 42.0 Å². The summed E-state index contributed by atoms with van der Waals surface area (Å²) in [6, 6.07) is 18.5. The molecule has 2 aromatic heterocycles. The summed E-state index contributed by atoms with van der Waals surface area (Å²) in [5, 5.41) is 5.30. The minimum atomic E-state index is -1.51. The van der Waals surface area contributed by atoms with Crippen LogP contribution in [0.1, 0.15) is 16.1 Å². The number of halogens is 1. The molecule has 0 fully saturated rings. The number of hydrogen-bond donors (Lipinski definition) is 1. The summed E-state index contributed by atoms with van der Waals surface area (Å²) >= 11 is 0. The SMILES string of the molecule is CN(C)c1ccc(NC(=O)c2cc3cc([Si](C)(C)C)ccc3n2Cc2cccc(F)c2)cn1. The predicted molar refractivity (Wildman–Crippen MR) is 137 cm³/mol. The second-order valence-corrected chi connectivity index (χ2v) is 14.6. The molecule has 0 spiro atoms. The van der Waals surface area contributed by atoms with Crippen LogP contribution in [0.5, 0.6) is 0 Å². The molecule has 170 valence electrons. The summed E-state index contributed by atoms with van der Waals surface area (Å²) in [7, 11) is 2.32. The van der Waals surface area contributed by atoms with Gasteiger partial charge in [-0.25, -0.2) is 9.37 Å². The summed E-state index contributed by atoms with van der Waals surface area (Å²) in [6.45, 7) is 7.30. The van der Waals surface area contributed by atoms with Gasteiger partial charge in [0.2, 0.25) is 0 Å². The van der Waals surface area contributed by atoms with Gasteiger partial charge in [-0.15, -0.1) is 0 Å². The van der Waals surface area contributed by atoms with Crippen molar-refractivity contribution in [2.45, 2.75) is 26.2 Å². The highest BCUT2D eigenvalue weighted by atomic mass is 28.3. The molecule has 1 N–H and O–H groups in total. The van der Waals surface area contributed by atoms with Gasteiger partial charge in [0.15, 0.2) is 0 Å². The Labute approximate surface area is 194 Å². The largest absolute Gasteiger partial charge is 0.363 e. The maximum Gasteiger partial charge on any atom is 0.272 e. The van der Waals surface area contributed by atoms with E-state index in [1.807, 2.05) is 47.8 Å². The molecule has 0 saturated carbocycles. The van der Waals surface area contributed by atoms with E-state index in [4.69, 9.17) is 0 Å². The van der Waals surface area contributed by atoms with E-state index in [-0.39, 0.29) is 11.7 Å². The molecule has 4 aromatic rings. The minimum Gasteiger partial charge on any atom is -0.363 e. The summed E-state index contributed by atoms with van der Waals surface area (Å²) in [5.41, 5.74) is 2.90. The first-order valence-electron chi connectivity index (χ1n) is 10.9. The standard InChI is InChI=1S/C26H29FN4OSi/c1-30(2)25-12-9-21(16-28-25)29-26(32)24-15-19-14-22(33(3,4)5)10-11-23(19)31(24)17-18-7-6-8-20(27)13-18/h6-16H,17H2,1-5H3,(H,29,32). The highest BCUT2D eigenvalue weighted by molar-refractivity contribution is 6.88. The third-order valence-corrected chi connectivity index (χ3v) is 7.74. The number of fused-ring (bicyclic) bond motifs is 1. The zero-order chi connectivity index (χ0) is 23.8. The number of carbonyl (C=O) groups is 1. The maximum absolute atomic E-state index is 13.8. The Morgan fingerprint density at radius 1 is 1.06 bits per heavy atom. The Balaban J connectivity index is 1.75.